The highest BCUT2D eigenvalue weighted by Crippen LogP contribution is 2.39. The maximum atomic E-state index is 13.7. The SMILES string of the molecule is FC(F)(F)CSc1cc(N=C(c2ccc(Cl)cc2)N2CCC(F)(F)CC2)c(Cl)cc1Cl. The van der Waals surface area contributed by atoms with Crippen LogP contribution in [0.1, 0.15) is 18.4 Å². The minimum Gasteiger partial charge on any atom is -0.356 e. The first kappa shape index (κ1) is 24.4. The summed E-state index contributed by atoms with van der Waals surface area (Å²) in [5.41, 5.74) is 0.808. The summed E-state index contributed by atoms with van der Waals surface area (Å²) in [6.07, 6.45) is -5.04. The van der Waals surface area contributed by atoms with Crippen LogP contribution in [0.2, 0.25) is 15.1 Å². The molecule has 0 saturated carbocycles. The van der Waals surface area contributed by atoms with E-state index in [9.17, 15) is 22.0 Å². The summed E-state index contributed by atoms with van der Waals surface area (Å²) in [6, 6.07) is 9.35. The highest BCUT2D eigenvalue weighted by Gasteiger charge is 2.35. The van der Waals surface area contributed by atoms with E-state index in [1.54, 1.807) is 29.2 Å². The van der Waals surface area contributed by atoms with Crippen molar-refractivity contribution in [1.29, 1.82) is 0 Å². The zero-order chi connectivity index (χ0) is 22.8. The Morgan fingerprint density at radius 1 is 1.00 bits per heavy atom. The summed E-state index contributed by atoms with van der Waals surface area (Å²) in [6.45, 7) is 0.130. The number of halogens is 8. The molecule has 0 aromatic heterocycles. The number of thioether (sulfide) groups is 1. The van der Waals surface area contributed by atoms with Crippen LogP contribution in [-0.2, 0) is 0 Å². The quantitative estimate of drug-likeness (QED) is 0.176. The third kappa shape index (κ3) is 6.88. The van der Waals surface area contributed by atoms with Gasteiger partial charge in [0, 0.05) is 41.4 Å². The Kier molecular flexibility index (Phi) is 7.66. The topological polar surface area (TPSA) is 15.6 Å². The van der Waals surface area contributed by atoms with E-state index in [0.717, 1.165) is 0 Å². The van der Waals surface area contributed by atoms with Gasteiger partial charge in [0.25, 0.3) is 5.92 Å². The Morgan fingerprint density at radius 2 is 1.61 bits per heavy atom. The smallest absolute Gasteiger partial charge is 0.356 e. The van der Waals surface area contributed by atoms with Crippen molar-refractivity contribution in [2.24, 2.45) is 4.99 Å². The van der Waals surface area contributed by atoms with Crippen molar-refractivity contribution in [2.45, 2.75) is 29.8 Å². The summed E-state index contributed by atoms with van der Waals surface area (Å²) < 4.78 is 65.2. The fourth-order valence-corrected chi connectivity index (χ4v) is 4.38. The van der Waals surface area contributed by atoms with Crippen molar-refractivity contribution in [3.8, 4) is 0 Å². The van der Waals surface area contributed by atoms with Crippen molar-refractivity contribution >= 4 is 58.1 Å². The van der Waals surface area contributed by atoms with E-state index in [4.69, 9.17) is 34.8 Å². The Labute approximate surface area is 195 Å². The van der Waals surface area contributed by atoms with Crippen molar-refractivity contribution in [1.82, 2.24) is 4.90 Å². The maximum Gasteiger partial charge on any atom is 0.398 e. The fraction of sp³-hybridized carbons (Fsp3) is 0.350. The molecule has 0 amide bonds. The standard InChI is InChI=1S/C20H16Cl3F5N2S/c21-13-3-1-12(2-4-13)18(30-7-5-19(24,25)6-8-30)29-16-10-17(15(23)9-14(16)22)31-11-20(26,27)28/h1-4,9-10H,5-8,11H2. The van der Waals surface area contributed by atoms with Gasteiger partial charge >= 0.3 is 6.18 Å². The second kappa shape index (κ2) is 9.73. The van der Waals surface area contributed by atoms with Crippen LogP contribution in [0.4, 0.5) is 27.6 Å². The number of hydrogen-bond donors (Lipinski definition) is 0. The Balaban J connectivity index is 2.00. The minimum absolute atomic E-state index is 0.0648. The summed E-state index contributed by atoms with van der Waals surface area (Å²) in [5.74, 6) is -3.49. The molecule has 0 unspecified atom stereocenters. The number of aliphatic imine (C=N–C) groups is 1. The third-order valence-corrected chi connectivity index (χ3v) is 6.62. The van der Waals surface area contributed by atoms with Crippen molar-refractivity contribution in [2.75, 3.05) is 18.8 Å². The predicted molar refractivity (Wildman–Crippen MR) is 117 cm³/mol. The molecular weight excluding hydrogens is 502 g/mol. The van der Waals surface area contributed by atoms with Gasteiger partial charge < -0.3 is 4.90 Å². The monoisotopic (exact) mass is 516 g/mol. The predicted octanol–water partition coefficient (Wildman–Crippen LogP) is 8.11. The third-order valence-electron chi connectivity index (χ3n) is 4.52. The lowest BCUT2D eigenvalue weighted by Gasteiger charge is -2.34. The van der Waals surface area contributed by atoms with Gasteiger partial charge in [0.15, 0.2) is 0 Å². The molecular formula is C20H16Cl3F5N2S. The molecule has 1 saturated heterocycles. The number of alkyl halides is 5. The molecule has 1 aliphatic heterocycles. The first-order chi connectivity index (χ1) is 14.4. The van der Waals surface area contributed by atoms with E-state index in [1.165, 1.54) is 12.1 Å². The molecule has 2 nitrogen and oxygen atoms in total. The Morgan fingerprint density at radius 3 is 2.19 bits per heavy atom. The van der Waals surface area contributed by atoms with E-state index in [1.807, 2.05) is 0 Å². The second-order valence-corrected chi connectivity index (χ2v) is 9.19. The van der Waals surface area contributed by atoms with Gasteiger partial charge in [-0.2, -0.15) is 13.2 Å². The Hall–Kier alpha value is -1.22. The molecule has 2 aromatic rings. The van der Waals surface area contributed by atoms with Gasteiger partial charge in [0.1, 0.15) is 5.84 Å². The fourth-order valence-electron chi connectivity index (χ4n) is 2.95. The molecule has 0 bridgehead atoms. The first-order valence-corrected chi connectivity index (χ1v) is 11.2. The molecule has 1 heterocycles. The molecule has 0 atom stereocenters. The first-order valence-electron chi connectivity index (χ1n) is 9.09. The number of benzene rings is 2. The van der Waals surface area contributed by atoms with Crippen LogP contribution >= 0.6 is 46.6 Å². The maximum absolute atomic E-state index is 13.7. The number of hydrogen-bond acceptors (Lipinski definition) is 2. The van der Waals surface area contributed by atoms with Gasteiger partial charge in [0.2, 0.25) is 0 Å². The average molecular weight is 518 g/mol. The zero-order valence-corrected chi connectivity index (χ0v) is 18.9. The number of amidine groups is 1. The lowest BCUT2D eigenvalue weighted by Crippen LogP contribution is -2.43. The number of likely N-dealkylation sites (tertiary alicyclic amines) is 1. The van der Waals surface area contributed by atoms with Crippen LogP contribution in [-0.4, -0.2) is 41.7 Å². The zero-order valence-electron chi connectivity index (χ0n) is 15.8. The Bertz CT molecular complexity index is 955. The van der Waals surface area contributed by atoms with E-state index in [2.05, 4.69) is 4.99 Å². The van der Waals surface area contributed by atoms with Crippen LogP contribution in [0.3, 0.4) is 0 Å². The number of nitrogens with zero attached hydrogens (tertiary/aromatic N) is 2. The molecule has 0 radical (unpaired) electrons. The molecule has 31 heavy (non-hydrogen) atoms. The normalized spacial score (nSPS) is 17.2. The van der Waals surface area contributed by atoms with Crippen molar-refractivity contribution in [3.05, 3.63) is 57.0 Å². The lowest BCUT2D eigenvalue weighted by molar-refractivity contribution is -0.105. The molecule has 11 heteroatoms. The molecule has 1 aliphatic rings. The summed E-state index contributed by atoms with van der Waals surface area (Å²) in [5, 5.41) is 0.697. The summed E-state index contributed by atoms with van der Waals surface area (Å²) >= 11 is 18.8. The highest BCUT2D eigenvalue weighted by atomic mass is 35.5. The van der Waals surface area contributed by atoms with Gasteiger partial charge in [-0.25, -0.2) is 13.8 Å². The van der Waals surface area contributed by atoms with Gasteiger partial charge in [-0.1, -0.05) is 34.8 Å². The molecule has 0 spiro atoms. The largest absolute Gasteiger partial charge is 0.398 e. The van der Waals surface area contributed by atoms with Crippen molar-refractivity contribution < 1.29 is 22.0 Å². The second-order valence-electron chi connectivity index (χ2n) is 6.92. The average Bonchev–Trinajstić information content (AvgIpc) is 2.67. The van der Waals surface area contributed by atoms with E-state index in [-0.39, 0.29) is 46.6 Å². The molecule has 0 aliphatic carbocycles. The summed E-state index contributed by atoms with van der Waals surface area (Å²) in [7, 11) is 0. The molecule has 0 N–H and O–H groups in total. The van der Waals surface area contributed by atoms with E-state index < -0.39 is 17.9 Å². The van der Waals surface area contributed by atoms with Gasteiger partial charge in [0.05, 0.1) is 21.5 Å². The molecule has 2 aromatic carbocycles. The van der Waals surface area contributed by atoms with Crippen molar-refractivity contribution in [3.63, 3.8) is 0 Å². The van der Waals surface area contributed by atoms with Gasteiger partial charge in [-0.15, -0.1) is 11.8 Å². The number of piperidine rings is 1. The highest BCUT2D eigenvalue weighted by molar-refractivity contribution is 7.99. The summed E-state index contributed by atoms with van der Waals surface area (Å²) in [4.78, 5) is 6.42. The van der Waals surface area contributed by atoms with Gasteiger partial charge in [-0.05, 0) is 36.4 Å². The van der Waals surface area contributed by atoms with Crippen LogP contribution in [0.5, 0.6) is 0 Å². The molecule has 1 fully saturated rings. The van der Waals surface area contributed by atoms with E-state index in [0.29, 0.717) is 28.2 Å². The lowest BCUT2D eigenvalue weighted by atomic mass is 10.1. The number of rotatable bonds is 4. The van der Waals surface area contributed by atoms with Crippen LogP contribution in [0.25, 0.3) is 0 Å². The molecule has 168 valence electrons. The van der Waals surface area contributed by atoms with Crippen LogP contribution < -0.4 is 0 Å². The molecule has 3 rings (SSSR count). The minimum atomic E-state index is -4.37. The van der Waals surface area contributed by atoms with Gasteiger partial charge in [-0.3, -0.25) is 0 Å². The van der Waals surface area contributed by atoms with E-state index >= 15 is 0 Å². The van der Waals surface area contributed by atoms with Crippen LogP contribution in [0.15, 0.2) is 46.3 Å². The van der Waals surface area contributed by atoms with Crippen LogP contribution in [0, 0.1) is 0 Å².